The average molecular weight is 910 g/mol. The first-order chi connectivity index (χ1) is 29.6. The second-order valence-corrected chi connectivity index (χ2v) is 20.3. The Kier molecular flexibility index (Phi) is 12.6. The lowest BCUT2D eigenvalue weighted by Gasteiger charge is -2.34. The summed E-state index contributed by atoms with van der Waals surface area (Å²) in [5.74, 6) is -3.06. The summed E-state index contributed by atoms with van der Waals surface area (Å²) >= 11 is 0. The van der Waals surface area contributed by atoms with Gasteiger partial charge in [0.1, 0.15) is 40.9 Å². The molecule has 2 saturated carbocycles. The summed E-state index contributed by atoms with van der Waals surface area (Å²) in [5.41, 5.74) is -4.19. The molecule has 5 aliphatic rings. The van der Waals surface area contributed by atoms with Gasteiger partial charge >= 0.3 is 12.3 Å². The molecule has 1 aromatic heterocycles. The van der Waals surface area contributed by atoms with Crippen LogP contribution >= 0.6 is 0 Å². The van der Waals surface area contributed by atoms with Gasteiger partial charge in [0, 0.05) is 31.5 Å². The number of halogens is 4. The fourth-order valence-corrected chi connectivity index (χ4v) is 10.1. The van der Waals surface area contributed by atoms with Crippen LogP contribution in [0.5, 0.6) is 11.6 Å². The smallest absolute Gasteiger partial charge is 0.427 e. The van der Waals surface area contributed by atoms with Crippen molar-refractivity contribution in [1.29, 1.82) is 0 Å². The third kappa shape index (κ3) is 9.34. The second-order valence-electron chi connectivity index (χ2n) is 18.3. The first-order valence-corrected chi connectivity index (χ1v) is 22.9. The molecule has 7 atom stereocenters. The number of sulfonamides is 1. The number of nitrogens with zero attached hydrogens (tertiary/aromatic N) is 4. The van der Waals surface area contributed by atoms with E-state index >= 15 is 0 Å². The van der Waals surface area contributed by atoms with Gasteiger partial charge in [-0.3, -0.25) is 19.1 Å². The summed E-state index contributed by atoms with van der Waals surface area (Å²) in [6.07, 6.45) is -0.717. The number of fused-ring (bicyclic) bond motifs is 3. The molecule has 4 heterocycles. The quantitative estimate of drug-likeness (QED) is 0.217. The molecule has 16 nitrogen and oxygen atoms in total. The molecule has 0 bridgehead atoms. The number of alkyl halides is 4. The maximum Gasteiger partial charge on any atom is 0.427 e. The van der Waals surface area contributed by atoms with E-state index in [9.17, 15) is 45.2 Å². The number of benzene rings is 1. The minimum Gasteiger partial charge on any atom is -0.497 e. The van der Waals surface area contributed by atoms with Crippen molar-refractivity contribution < 1.29 is 59.4 Å². The van der Waals surface area contributed by atoms with Crippen LogP contribution in [0.1, 0.15) is 85.5 Å². The molecule has 3 aliphatic heterocycles. The van der Waals surface area contributed by atoms with Crippen LogP contribution in [0, 0.1) is 17.8 Å². The number of allylic oxidation sites excluding steroid dienone is 1. The molecule has 346 valence electrons. The van der Waals surface area contributed by atoms with Crippen molar-refractivity contribution in [3.63, 3.8) is 0 Å². The number of aromatic nitrogens is 2. The third-order valence-electron chi connectivity index (χ3n) is 13.1. The van der Waals surface area contributed by atoms with Gasteiger partial charge in [0.15, 0.2) is 0 Å². The van der Waals surface area contributed by atoms with Gasteiger partial charge in [0.25, 0.3) is 5.91 Å². The van der Waals surface area contributed by atoms with Gasteiger partial charge < -0.3 is 34.6 Å². The van der Waals surface area contributed by atoms with Crippen LogP contribution in [-0.2, 0) is 29.1 Å². The van der Waals surface area contributed by atoms with Gasteiger partial charge in [-0.25, -0.2) is 22.6 Å². The van der Waals surface area contributed by atoms with E-state index in [2.05, 4.69) is 10.6 Å². The molecule has 7 rings (SSSR count). The molecule has 2 aromatic rings. The Balaban J connectivity index is 1.25. The fraction of sp³-hybridized carbons (Fsp3) is 0.667. The number of rotatable bonds is 10. The predicted octanol–water partition coefficient (Wildman–Crippen LogP) is 4.86. The Hall–Kier alpha value is -4.95. The van der Waals surface area contributed by atoms with Crippen LogP contribution in [-0.4, -0.2) is 121 Å². The Bertz CT molecular complexity index is 2250. The number of hydrogen-bond donors (Lipinski definition) is 3. The van der Waals surface area contributed by atoms with Gasteiger partial charge in [-0.2, -0.15) is 18.2 Å². The largest absolute Gasteiger partial charge is 0.497 e. The summed E-state index contributed by atoms with van der Waals surface area (Å²) in [4.78, 5) is 69.5. The van der Waals surface area contributed by atoms with Crippen LogP contribution in [0.4, 0.5) is 28.3 Å². The summed E-state index contributed by atoms with van der Waals surface area (Å²) in [7, 11) is -2.96. The van der Waals surface area contributed by atoms with Crippen molar-refractivity contribution in [3.05, 3.63) is 30.4 Å². The number of methoxy groups -OCH3 is 1. The normalized spacial score (nSPS) is 29.3. The van der Waals surface area contributed by atoms with E-state index in [0.717, 1.165) is 17.7 Å². The van der Waals surface area contributed by atoms with E-state index in [4.69, 9.17) is 24.2 Å². The highest BCUT2D eigenvalue weighted by Crippen LogP contribution is 2.48. The minimum atomic E-state index is -4.94. The zero-order valence-electron chi connectivity index (χ0n) is 35.9. The van der Waals surface area contributed by atoms with Gasteiger partial charge in [-0.05, 0) is 89.2 Å². The highest BCUT2D eigenvalue weighted by molar-refractivity contribution is 7.91. The molecule has 0 radical (unpaired) electrons. The number of carbonyl (C=O) groups excluding carboxylic acids is 4. The van der Waals surface area contributed by atoms with Crippen LogP contribution in [0.15, 0.2) is 30.4 Å². The van der Waals surface area contributed by atoms with Gasteiger partial charge in [0.2, 0.25) is 39.3 Å². The molecule has 4 fully saturated rings. The minimum absolute atomic E-state index is 0.00702. The van der Waals surface area contributed by atoms with Crippen LogP contribution in [0.3, 0.4) is 0 Å². The Labute approximate surface area is 363 Å². The SMILES string of the molecule is COc1ccc2c(O[C@@H]3C[C@H]4C(=O)N[C@]5(C(=O)NS(=O)(=O)C6(CF)CC6)CC5/C=C\CC[C@H](C)C[C@@H](C)[C@H](NC(=O)OC(C)(C)C(F)(F)F)C(=O)N4C3)nc(N3CCCC3)nc2c1. The zero-order chi connectivity index (χ0) is 45.7. The number of ether oxygens (including phenoxy) is 3. The maximum absolute atomic E-state index is 14.9. The molecule has 2 aliphatic carbocycles. The molecule has 21 heteroatoms. The molecule has 3 N–H and O–H groups in total. The number of alkyl carbamates (subject to hydrolysis) is 1. The monoisotopic (exact) mass is 909 g/mol. The van der Waals surface area contributed by atoms with E-state index in [1.54, 1.807) is 31.2 Å². The highest BCUT2D eigenvalue weighted by atomic mass is 32.2. The predicted molar refractivity (Wildman–Crippen MR) is 221 cm³/mol. The lowest BCUT2D eigenvalue weighted by atomic mass is 9.88. The first-order valence-electron chi connectivity index (χ1n) is 21.4. The third-order valence-corrected chi connectivity index (χ3v) is 15.2. The number of nitrogens with one attached hydrogen (secondary N) is 3. The Morgan fingerprint density at radius 2 is 1.78 bits per heavy atom. The van der Waals surface area contributed by atoms with Crippen molar-refractivity contribution in [2.75, 3.05) is 38.3 Å². The number of anilines is 1. The summed E-state index contributed by atoms with van der Waals surface area (Å²) in [6.45, 7) is 4.90. The lowest BCUT2D eigenvalue weighted by molar-refractivity contribution is -0.244. The van der Waals surface area contributed by atoms with Gasteiger partial charge in [-0.15, -0.1) is 0 Å². The lowest BCUT2D eigenvalue weighted by Crippen LogP contribution is -2.60. The molecule has 4 amide bonds. The fourth-order valence-electron chi connectivity index (χ4n) is 8.70. The highest BCUT2D eigenvalue weighted by Gasteiger charge is 2.64. The average Bonchev–Trinajstić information content (AvgIpc) is 4.03. The van der Waals surface area contributed by atoms with Crippen molar-refractivity contribution in [3.8, 4) is 11.6 Å². The van der Waals surface area contributed by atoms with Crippen LogP contribution < -0.4 is 29.7 Å². The van der Waals surface area contributed by atoms with Gasteiger partial charge in [-0.1, -0.05) is 26.0 Å². The van der Waals surface area contributed by atoms with E-state index < -0.39 is 92.6 Å². The van der Waals surface area contributed by atoms with E-state index in [-0.39, 0.29) is 44.0 Å². The van der Waals surface area contributed by atoms with Gasteiger partial charge in [0.05, 0.1) is 24.6 Å². The molecule has 1 unspecified atom stereocenters. The van der Waals surface area contributed by atoms with Crippen LogP contribution in [0.2, 0.25) is 0 Å². The molecule has 2 saturated heterocycles. The number of amides is 4. The number of hydrogen-bond acceptors (Lipinski definition) is 12. The molecular weight excluding hydrogens is 855 g/mol. The Morgan fingerprint density at radius 1 is 1.06 bits per heavy atom. The second kappa shape index (κ2) is 17.2. The van der Waals surface area contributed by atoms with E-state index in [1.807, 2.05) is 22.6 Å². The topological polar surface area (TPSA) is 198 Å². The molecule has 1 aromatic carbocycles. The molecule has 63 heavy (non-hydrogen) atoms. The standard InChI is InChI=1S/C42H55F4N7O9S/c1-24-10-6-7-11-26-21-41(26,36(56)51-63(58,59)40(23-43)14-15-40)50-33(54)31-20-28(22-53(31)35(55)32(25(2)18-24)48-38(57)62-39(3,4)42(44,45)46)61-34-29-13-12-27(60-5)19-30(29)47-37(49-34)52-16-8-9-17-52/h7,11-13,19,24-26,28,31-32H,6,8-10,14-18,20-23H2,1-5H3,(H,48,57)(H,50,54)(H,51,56)/b11-7-/t24-,25+,26?,28+,31-,32-,41+/m0/s1. The zero-order valence-corrected chi connectivity index (χ0v) is 36.7. The first kappa shape index (κ1) is 46.1. The van der Waals surface area contributed by atoms with E-state index in [0.29, 0.717) is 68.8 Å². The van der Waals surface area contributed by atoms with Crippen molar-refractivity contribution in [2.45, 2.75) is 126 Å². The van der Waals surface area contributed by atoms with E-state index in [1.165, 1.54) is 7.11 Å². The maximum atomic E-state index is 14.9. The van der Waals surface area contributed by atoms with Crippen molar-refractivity contribution in [1.82, 2.24) is 30.2 Å². The van der Waals surface area contributed by atoms with Crippen LogP contribution in [0.25, 0.3) is 10.9 Å². The summed E-state index contributed by atoms with van der Waals surface area (Å²) in [5, 5.41) is 5.63. The van der Waals surface area contributed by atoms with Crippen molar-refractivity contribution >= 4 is 50.7 Å². The molecular formula is C42H55F4N7O9S. The summed E-state index contributed by atoms with van der Waals surface area (Å²) in [6, 6.07) is 2.25. The number of carbonyl (C=O) groups is 4. The Morgan fingerprint density at radius 3 is 2.43 bits per heavy atom. The summed E-state index contributed by atoms with van der Waals surface area (Å²) < 4.78 is 99.0. The molecule has 0 spiro atoms. The van der Waals surface area contributed by atoms with Crippen molar-refractivity contribution in [2.24, 2.45) is 17.8 Å².